The van der Waals surface area contributed by atoms with Gasteiger partial charge in [-0.15, -0.1) is 0 Å². The second-order valence-corrected chi connectivity index (χ2v) is 9.83. The number of carbonyl (C=O) groups is 2. The largest absolute Gasteiger partial charge is 0.444 e. The summed E-state index contributed by atoms with van der Waals surface area (Å²) in [7, 11) is 3.23. The molecule has 9 nitrogen and oxygen atoms in total. The number of nitrogens with zero attached hydrogens (tertiary/aromatic N) is 3. The average Bonchev–Trinajstić information content (AvgIpc) is 2.73. The molecule has 1 aromatic rings. The lowest BCUT2D eigenvalue weighted by Crippen LogP contribution is -2.49. The smallest absolute Gasteiger partial charge is 0.410 e. The first-order valence-electron chi connectivity index (χ1n) is 11.5. The number of likely N-dealkylation sites (N-methyl/N-ethyl adjacent to an activating group) is 1. The minimum Gasteiger partial charge on any atom is -0.444 e. The number of rotatable bonds is 9. The Kier molecular flexibility index (Phi) is 10.4. The summed E-state index contributed by atoms with van der Waals surface area (Å²) in [5.74, 6) is 7.46. The van der Waals surface area contributed by atoms with Crippen molar-refractivity contribution in [2.75, 3.05) is 39.2 Å². The van der Waals surface area contributed by atoms with Crippen LogP contribution in [0.5, 0.6) is 0 Å². The summed E-state index contributed by atoms with van der Waals surface area (Å²) in [5.41, 5.74) is 0.0974. The second-order valence-electron chi connectivity index (χ2n) is 9.49. The molecular weight excluding hydrogens is 458 g/mol. The number of hydrogen-bond acceptors (Lipinski definition) is 7. The van der Waals surface area contributed by atoms with Crippen molar-refractivity contribution >= 4 is 29.4 Å². The van der Waals surface area contributed by atoms with E-state index < -0.39 is 17.7 Å². The average molecular weight is 494 g/mol. The van der Waals surface area contributed by atoms with E-state index in [1.54, 1.807) is 48.0 Å². The van der Waals surface area contributed by atoms with Gasteiger partial charge in [-0.3, -0.25) is 9.69 Å². The number of halogens is 1. The molecule has 1 atom stereocenters. The van der Waals surface area contributed by atoms with Gasteiger partial charge in [-0.25, -0.2) is 9.78 Å². The number of nitrogens with one attached hydrogen (secondary N) is 2. The highest BCUT2D eigenvalue weighted by Crippen LogP contribution is 2.32. The fourth-order valence-electron chi connectivity index (χ4n) is 3.27. The van der Waals surface area contributed by atoms with Crippen molar-refractivity contribution in [2.24, 2.45) is 11.8 Å². The Morgan fingerprint density at radius 1 is 1.35 bits per heavy atom. The zero-order valence-corrected chi connectivity index (χ0v) is 21.7. The van der Waals surface area contributed by atoms with Gasteiger partial charge in [-0.05, 0) is 64.5 Å². The van der Waals surface area contributed by atoms with E-state index >= 15 is 0 Å². The summed E-state index contributed by atoms with van der Waals surface area (Å²) >= 11 is 5.93. The molecule has 0 aliphatic heterocycles. The molecular formula is C24H36ClN5O4. The molecule has 10 heteroatoms. The highest BCUT2D eigenvalue weighted by atomic mass is 35.5. The minimum absolute atomic E-state index is 0.172. The molecule has 2 rings (SSSR count). The highest BCUT2D eigenvalue weighted by molar-refractivity contribution is 6.28. The highest BCUT2D eigenvalue weighted by Gasteiger charge is 2.30. The van der Waals surface area contributed by atoms with Crippen molar-refractivity contribution in [1.29, 1.82) is 0 Å². The maximum absolute atomic E-state index is 12.5. The molecule has 1 fully saturated rings. The van der Waals surface area contributed by atoms with E-state index in [4.69, 9.17) is 21.1 Å². The molecule has 0 radical (unpaired) electrons. The Balaban J connectivity index is 1.79. The van der Waals surface area contributed by atoms with Gasteiger partial charge in [0.1, 0.15) is 17.5 Å². The van der Waals surface area contributed by atoms with E-state index in [-0.39, 0.29) is 17.1 Å². The number of ether oxygens (including phenoxy) is 2. The Labute approximate surface area is 207 Å². The lowest BCUT2D eigenvalue weighted by atomic mass is 9.75. The minimum atomic E-state index is -0.620. The maximum atomic E-state index is 12.5. The van der Waals surface area contributed by atoms with Gasteiger partial charge in [0.05, 0.1) is 5.56 Å². The van der Waals surface area contributed by atoms with Crippen LogP contribution in [0.3, 0.4) is 0 Å². The number of amides is 2. The molecule has 0 aromatic carbocycles. The van der Waals surface area contributed by atoms with Crippen LogP contribution in [0.4, 0.5) is 10.6 Å². The molecule has 0 bridgehead atoms. The molecule has 1 aliphatic carbocycles. The quantitative estimate of drug-likeness (QED) is 0.309. The van der Waals surface area contributed by atoms with Crippen LogP contribution >= 0.6 is 11.6 Å². The van der Waals surface area contributed by atoms with E-state index in [2.05, 4.69) is 32.4 Å². The number of hydrogen-bond donors (Lipinski definition) is 2. The molecule has 0 spiro atoms. The van der Waals surface area contributed by atoms with Crippen LogP contribution in [0, 0.1) is 23.7 Å². The summed E-state index contributed by atoms with van der Waals surface area (Å²) in [6.07, 6.45) is 3.74. The number of methoxy groups -OCH3 is 1. The van der Waals surface area contributed by atoms with E-state index in [0.29, 0.717) is 37.0 Å². The summed E-state index contributed by atoms with van der Waals surface area (Å²) in [6.45, 7) is 8.97. The normalized spacial score (nSPS) is 18.1. The Morgan fingerprint density at radius 3 is 2.71 bits per heavy atom. The van der Waals surface area contributed by atoms with E-state index in [1.165, 1.54) is 4.90 Å². The lowest BCUT2D eigenvalue weighted by molar-refractivity contribution is -0.125. The third-order valence-corrected chi connectivity index (χ3v) is 5.61. The third-order valence-electron chi connectivity index (χ3n) is 5.43. The van der Waals surface area contributed by atoms with Crippen LogP contribution in [-0.2, 0) is 14.3 Å². The van der Waals surface area contributed by atoms with Crippen LogP contribution < -0.4 is 10.6 Å². The molecule has 0 saturated heterocycles. The Hall–Kier alpha value is -2.57. The SMILES string of the molecule is COCCCNc1nc(Cl)ncc1C#CC1CC(CNC(=O)[C@H](C)N(C)C(=O)OC(C)(C)C)C1. The van der Waals surface area contributed by atoms with Gasteiger partial charge < -0.3 is 20.1 Å². The van der Waals surface area contributed by atoms with Gasteiger partial charge in [-0.2, -0.15) is 4.98 Å². The molecule has 1 heterocycles. The van der Waals surface area contributed by atoms with Gasteiger partial charge in [0.15, 0.2) is 0 Å². The van der Waals surface area contributed by atoms with Crippen molar-refractivity contribution in [3.63, 3.8) is 0 Å². The number of anilines is 1. The van der Waals surface area contributed by atoms with Gasteiger partial charge in [0.2, 0.25) is 11.2 Å². The van der Waals surface area contributed by atoms with Crippen LogP contribution in [0.25, 0.3) is 0 Å². The molecule has 188 valence electrons. The maximum Gasteiger partial charge on any atom is 0.410 e. The predicted molar refractivity (Wildman–Crippen MR) is 132 cm³/mol. The molecule has 1 aliphatic rings. The summed E-state index contributed by atoms with van der Waals surface area (Å²) < 4.78 is 10.4. The number of aromatic nitrogens is 2. The van der Waals surface area contributed by atoms with Crippen molar-refractivity contribution in [1.82, 2.24) is 20.2 Å². The lowest BCUT2D eigenvalue weighted by Gasteiger charge is -2.33. The third kappa shape index (κ3) is 8.99. The van der Waals surface area contributed by atoms with Crippen molar-refractivity contribution < 1.29 is 19.1 Å². The van der Waals surface area contributed by atoms with Gasteiger partial charge in [0, 0.05) is 46.0 Å². The van der Waals surface area contributed by atoms with Crippen molar-refractivity contribution in [3.8, 4) is 11.8 Å². The zero-order valence-electron chi connectivity index (χ0n) is 20.9. The molecule has 2 amide bonds. The van der Waals surface area contributed by atoms with Crippen LogP contribution in [0.2, 0.25) is 5.28 Å². The topological polar surface area (TPSA) is 106 Å². The summed E-state index contributed by atoms with van der Waals surface area (Å²) in [4.78, 5) is 34.2. The van der Waals surface area contributed by atoms with Crippen molar-refractivity contribution in [2.45, 2.75) is 58.6 Å². The molecule has 2 N–H and O–H groups in total. The molecule has 34 heavy (non-hydrogen) atoms. The van der Waals surface area contributed by atoms with Crippen LogP contribution in [-0.4, -0.2) is 72.4 Å². The zero-order chi connectivity index (χ0) is 25.3. The summed E-state index contributed by atoms with van der Waals surface area (Å²) in [6, 6.07) is -0.620. The molecule has 1 aromatic heterocycles. The van der Waals surface area contributed by atoms with E-state index in [9.17, 15) is 9.59 Å². The second kappa shape index (κ2) is 12.8. The Bertz CT molecular complexity index is 903. The first kappa shape index (κ1) is 27.7. The van der Waals surface area contributed by atoms with Gasteiger partial charge in [0.25, 0.3) is 0 Å². The molecule has 0 unspecified atom stereocenters. The molecule has 1 saturated carbocycles. The Morgan fingerprint density at radius 2 is 2.06 bits per heavy atom. The van der Waals surface area contributed by atoms with Crippen LogP contribution in [0.15, 0.2) is 6.20 Å². The van der Waals surface area contributed by atoms with Gasteiger partial charge in [-0.1, -0.05) is 11.8 Å². The fraction of sp³-hybridized carbons (Fsp3) is 0.667. The first-order chi connectivity index (χ1) is 16.0. The number of carbonyl (C=O) groups excluding carboxylic acids is 2. The van der Waals surface area contributed by atoms with E-state index in [0.717, 1.165) is 19.3 Å². The van der Waals surface area contributed by atoms with Crippen molar-refractivity contribution in [3.05, 3.63) is 17.0 Å². The fourth-order valence-corrected chi connectivity index (χ4v) is 3.40. The predicted octanol–water partition coefficient (Wildman–Crippen LogP) is 3.33. The standard InChI is InChI=1S/C24H36ClN5O4/c1-16(30(5)23(32)34-24(2,3)4)21(31)27-14-18-12-17(13-18)8-9-19-15-28-22(25)29-20(19)26-10-7-11-33-6/h15-18H,7,10-14H2,1-6H3,(H,27,31)(H,26,28,29)/t16-,17?,18?/m0/s1. The van der Waals surface area contributed by atoms with Crippen LogP contribution in [0.1, 0.15) is 52.5 Å². The monoisotopic (exact) mass is 493 g/mol. The first-order valence-corrected chi connectivity index (χ1v) is 11.9. The van der Waals surface area contributed by atoms with Gasteiger partial charge >= 0.3 is 6.09 Å². The summed E-state index contributed by atoms with van der Waals surface area (Å²) in [5, 5.41) is 6.33. The van der Waals surface area contributed by atoms with E-state index in [1.807, 2.05) is 0 Å².